The van der Waals surface area contributed by atoms with Gasteiger partial charge in [0, 0.05) is 36.3 Å². The summed E-state index contributed by atoms with van der Waals surface area (Å²) < 4.78 is 33.5. The molecule has 0 aliphatic carbocycles. The second-order valence-corrected chi connectivity index (χ2v) is 8.65. The fourth-order valence-corrected chi connectivity index (χ4v) is 4.97. The van der Waals surface area contributed by atoms with Gasteiger partial charge in [-0.1, -0.05) is 22.0 Å². The highest BCUT2D eigenvalue weighted by atomic mass is 79.9. The molecule has 1 aromatic heterocycles. The summed E-state index contributed by atoms with van der Waals surface area (Å²) in [4.78, 5) is 6.81. The Morgan fingerprint density at radius 2 is 1.84 bits per heavy atom. The minimum atomic E-state index is -3.61. The van der Waals surface area contributed by atoms with Crippen molar-refractivity contribution in [2.75, 3.05) is 38.2 Å². The van der Waals surface area contributed by atoms with Crippen molar-refractivity contribution in [1.82, 2.24) is 9.29 Å². The Labute approximate surface area is 156 Å². The van der Waals surface area contributed by atoms with Crippen molar-refractivity contribution in [2.45, 2.75) is 11.8 Å². The van der Waals surface area contributed by atoms with Crippen molar-refractivity contribution in [3.05, 3.63) is 46.6 Å². The first-order valence-corrected chi connectivity index (χ1v) is 10.2. The lowest BCUT2D eigenvalue weighted by Crippen LogP contribution is -2.49. The highest BCUT2D eigenvalue weighted by molar-refractivity contribution is 9.10. The number of piperazine rings is 1. The molecule has 3 rings (SSSR count). The Morgan fingerprint density at radius 1 is 1.12 bits per heavy atom. The molecule has 8 heteroatoms. The molecule has 1 fully saturated rings. The Morgan fingerprint density at radius 3 is 2.48 bits per heavy atom. The number of hydrogen-bond donors (Lipinski definition) is 0. The van der Waals surface area contributed by atoms with Gasteiger partial charge in [-0.05, 0) is 37.3 Å². The largest absolute Gasteiger partial charge is 0.495 e. The summed E-state index contributed by atoms with van der Waals surface area (Å²) in [7, 11) is -2.13. The van der Waals surface area contributed by atoms with Crippen LogP contribution in [0.3, 0.4) is 0 Å². The molecule has 1 aliphatic rings. The molecular formula is C17H20BrN3O3S. The zero-order valence-corrected chi connectivity index (χ0v) is 16.5. The summed E-state index contributed by atoms with van der Waals surface area (Å²) in [6.07, 6.45) is 0. The van der Waals surface area contributed by atoms with Gasteiger partial charge in [-0.25, -0.2) is 13.4 Å². The van der Waals surface area contributed by atoms with Crippen LogP contribution < -0.4 is 9.64 Å². The molecule has 25 heavy (non-hydrogen) atoms. The maximum absolute atomic E-state index is 13.0. The van der Waals surface area contributed by atoms with Gasteiger partial charge in [-0.2, -0.15) is 4.31 Å². The van der Waals surface area contributed by atoms with Crippen LogP contribution in [-0.2, 0) is 10.0 Å². The fraction of sp³-hybridized carbons (Fsp3) is 0.353. The lowest BCUT2D eigenvalue weighted by molar-refractivity contribution is 0.373. The third kappa shape index (κ3) is 3.80. The summed E-state index contributed by atoms with van der Waals surface area (Å²) in [6, 6.07) is 10.9. The first kappa shape index (κ1) is 18.2. The lowest BCUT2D eigenvalue weighted by Gasteiger charge is -2.35. The lowest BCUT2D eigenvalue weighted by atomic mass is 10.3. The van der Waals surface area contributed by atoms with Gasteiger partial charge in [0.05, 0.1) is 7.11 Å². The minimum Gasteiger partial charge on any atom is -0.495 e. The predicted octanol–water partition coefficient (Wildman–Crippen LogP) is 2.67. The number of aryl methyl sites for hydroxylation is 1. The zero-order valence-electron chi connectivity index (χ0n) is 14.1. The smallest absolute Gasteiger partial charge is 0.246 e. The number of hydrogen-bond acceptors (Lipinski definition) is 5. The van der Waals surface area contributed by atoms with Gasteiger partial charge >= 0.3 is 0 Å². The number of methoxy groups -OCH3 is 1. The number of halogens is 1. The van der Waals surface area contributed by atoms with Crippen molar-refractivity contribution in [1.29, 1.82) is 0 Å². The minimum absolute atomic E-state index is 0.187. The number of anilines is 1. The number of pyridine rings is 1. The zero-order chi connectivity index (χ0) is 18.0. The fourth-order valence-electron chi connectivity index (χ4n) is 2.85. The summed E-state index contributed by atoms with van der Waals surface area (Å²) >= 11 is 3.33. The molecule has 0 unspecified atom stereocenters. The van der Waals surface area contributed by atoms with E-state index in [1.165, 1.54) is 11.4 Å². The number of nitrogens with zero attached hydrogens (tertiary/aromatic N) is 3. The van der Waals surface area contributed by atoms with Crippen LogP contribution >= 0.6 is 15.9 Å². The van der Waals surface area contributed by atoms with E-state index in [0.717, 1.165) is 11.5 Å². The molecule has 0 radical (unpaired) electrons. The third-order valence-electron chi connectivity index (χ3n) is 4.18. The molecule has 0 saturated carbocycles. The van der Waals surface area contributed by atoms with Gasteiger partial charge in [0.15, 0.2) is 0 Å². The van der Waals surface area contributed by atoms with Crippen LogP contribution in [0, 0.1) is 6.92 Å². The molecule has 0 bridgehead atoms. The molecule has 6 nitrogen and oxygen atoms in total. The highest BCUT2D eigenvalue weighted by Gasteiger charge is 2.31. The van der Waals surface area contributed by atoms with E-state index in [4.69, 9.17) is 4.74 Å². The number of ether oxygens (including phenoxy) is 1. The van der Waals surface area contributed by atoms with Gasteiger partial charge in [0.2, 0.25) is 10.0 Å². The highest BCUT2D eigenvalue weighted by Crippen LogP contribution is 2.30. The van der Waals surface area contributed by atoms with Gasteiger partial charge in [0.25, 0.3) is 0 Å². The van der Waals surface area contributed by atoms with E-state index >= 15 is 0 Å². The first-order chi connectivity index (χ1) is 11.9. The van der Waals surface area contributed by atoms with Crippen molar-refractivity contribution in [3.8, 4) is 5.75 Å². The van der Waals surface area contributed by atoms with E-state index in [9.17, 15) is 8.42 Å². The molecule has 2 heterocycles. The van der Waals surface area contributed by atoms with E-state index in [0.29, 0.717) is 36.4 Å². The number of aromatic nitrogens is 1. The third-order valence-corrected chi connectivity index (χ3v) is 6.59. The SMILES string of the molecule is COc1ccc(Br)cc1S(=O)(=O)N1CCN(c2cccc(C)n2)CC1. The average Bonchev–Trinajstić information content (AvgIpc) is 2.62. The van der Waals surface area contributed by atoms with Crippen LogP contribution in [0.15, 0.2) is 45.8 Å². The second kappa shape index (κ2) is 7.31. The second-order valence-electron chi connectivity index (χ2n) is 5.82. The Bertz CT molecular complexity index is 865. The molecule has 134 valence electrons. The Hall–Kier alpha value is -1.64. The molecule has 0 N–H and O–H groups in total. The van der Waals surface area contributed by atoms with E-state index < -0.39 is 10.0 Å². The van der Waals surface area contributed by atoms with Crippen LogP contribution in [0.1, 0.15) is 5.69 Å². The topological polar surface area (TPSA) is 62.7 Å². The van der Waals surface area contributed by atoms with E-state index in [1.54, 1.807) is 18.2 Å². The molecule has 1 aliphatic heterocycles. The number of rotatable bonds is 4. The van der Waals surface area contributed by atoms with E-state index in [2.05, 4.69) is 25.8 Å². The van der Waals surface area contributed by atoms with E-state index in [-0.39, 0.29) is 4.90 Å². The van der Waals surface area contributed by atoms with Crippen molar-refractivity contribution >= 4 is 31.8 Å². The van der Waals surface area contributed by atoms with Gasteiger partial charge in [-0.15, -0.1) is 0 Å². The van der Waals surface area contributed by atoms with Crippen molar-refractivity contribution in [3.63, 3.8) is 0 Å². The van der Waals surface area contributed by atoms with E-state index in [1.807, 2.05) is 25.1 Å². The molecule has 0 atom stereocenters. The van der Waals surface area contributed by atoms with Crippen LogP contribution in [0.5, 0.6) is 5.75 Å². The Balaban J connectivity index is 1.79. The van der Waals surface area contributed by atoms with Crippen molar-refractivity contribution < 1.29 is 13.2 Å². The van der Waals surface area contributed by atoms with Crippen LogP contribution in [0.2, 0.25) is 0 Å². The van der Waals surface area contributed by atoms with Gasteiger partial charge in [0.1, 0.15) is 16.5 Å². The van der Waals surface area contributed by atoms with Gasteiger partial charge in [-0.3, -0.25) is 0 Å². The maximum atomic E-state index is 13.0. The quantitative estimate of drug-likeness (QED) is 0.753. The standard InChI is InChI=1S/C17H20BrN3O3S/c1-13-4-3-5-17(19-13)20-8-10-21(11-9-20)25(22,23)16-12-14(18)6-7-15(16)24-2/h3-7,12H,8-11H2,1-2H3. The van der Waals surface area contributed by atoms with Crippen LogP contribution in [0.4, 0.5) is 5.82 Å². The summed E-state index contributed by atoms with van der Waals surface area (Å²) in [5, 5.41) is 0. The first-order valence-electron chi connectivity index (χ1n) is 7.94. The molecular weight excluding hydrogens is 406 g/mol. The summed E-state index contributed by atoms with van der Waals surface area (Å²) in [5.74, 6) is 1.24. The van der Waals surface area contributed by atoms with Gasteiger partial charge < -0.3 is 9.64 Å². The molecule has 0 spiro atoms. The average molecular weight is 426 g/mol. The molecule has 2 aromatic rings. The maximum Gasteiger partial charge on any atom is 0.246 e. The molecule has 0 amide bonds. The van der Waals surface area contributed by atoms with Crippen LogP contribution in [-0.4, -0.2) is 51.0 Å². The van der Waals surface area contributed by atoms with Crippen molar-refractivity contribution in [2.24, 2.45) is 0 Å². The monoisotopic (exact) mass is 425 g/mol. The van der Waals surface area contributed by atoms with Crippen LogP contribution in [0.25, 0.3) is 0 Å². The summed E-state index contributed by atoms with van der Waals surface area (Å²) in [5.41, 5.74) is 0.950. The molecule has 1 aromatic carbocycles. The predicted molar refractivity (Wildman–Crippen MR) is 101 cm³/mol. The normalized spacial score (nSPS) is 16.0. The molecule has 1 saturated heterocycles. The Kier molecular flexibility index (Phi) is 5.31. The summed E-state index contributed by atoms with van der Waals surface area (Å²) in [6.45, 7) is 3.98. The number of benzene rings is 1. The number of sulfonamides is 1.